The summed E-state index contributed by atoms with van der Waals surface area (Å²) in [6, 6.07) is 9.95. The number of hydrogen-bond donors (Lipinski definition) is 2. The van der Waals surface area contributed by atoms with Crippen molar-refractivity contribution in [3.8, 4) is 11.1 Å². The van der Waals surface area contributed by atoms with Gasteiger partial charge in [-0.15, -0.1) is 0 Å². The molecule has 4 heteroatoms. The van der Waals surface area contributed by atoms with Crippen molar-refractivity contribution >= 4 is 11.7 Å². The van der Waals surface area contributed by atoms with Gasteiger partial charge in [-0.3, -0.25) is 9.89 Å². The lowest BCUT2D eigenvalue weighted by Crippen LogP contribution is -2.31. The molecule has 1 aliphatic carbocycles. The maximum absolute atomic E-state index is 12.3. The molecule has 0 spiro atoms. The van der Waals surface area contributed by atoms with Gasteiger partial charge in [-0.05, 0) is 24.3 Å². The molecule has 104 valence electrons. The topological polar surface area (TPSA) is 57.8 Å². The summed E-state index contributed by atoms with van der Waals surface area (Å²) in [6.45, 7) is 2.01. The first kappa shape index (κ1) is 12.9. The van der Waals surface area contributed by atoms with Crippen LogP contribution < -0.4 is 5.32 Å². The van der Waals surface area contributed by atoms with Crippen molar-refractivity contribution in [2.45, 2.75) is 26.2 Å². The highest BCUT2D eigenvalue weighted by Crippen LogP contribution is 2.34. The van der Waals surface area contributed by atoms with Gasteiger partial charge in [0, 0.05) is 11.5 Å². The fourth-order valence-electron chi connectivity index (χ4n) is 2.61. The molecule has 2 aromatic rings. The van der Waals surface area contributed by atoms with Crippen LogP contribution in [0.1, 0.15) is 26.2 Å². The van der Waals surface area contributed by atoms with Gasteiger partial charge in [0.15, 0.2) is 0 Å². The number of H-pyrrole nitrogens is 1. The van der Waals surface area contributed by atoms with Crippen LogP contribution in [0.5, 0.6) is 0 Å². The Labute approximate surface area is 118 Å². The van der Waals surface area contributed by atoms with E-state index in [0.29, 0.717) is 11.7 Å². The normalized spacial score (nSPS) is 16.4. The van der Waals surface area contributed by atoms with Crippen molar-refractivity contribution in [3.05, 3.63) is 36.5 Å². The van der Waals surface area contributed by atoms with Gasteiger partial charge >= 0.3 is 0 Å². The number of carbonyl (C=O) groups is 1. The van der Waals surface area contributed by atoms with E-state index < -0.39 is 0 Å². The van der Waals surface area contributed by atoms with E-state index in [0.717, 1.165) is 11.1 Å². The molecule has 1 aliphatic rings. The van der Waals surface area contributed by atoms with Crippen molar-refractivity contribution in [3.63, 3.8) is 0 Å². The molecule has 0 saturated heterocycles. The number of rotatable bonds is 4. The van der Waals surface area contributed by atoms with Gasteiger partial charge < -0.3 is 5.32 Å². The van der Waals surface area contributed by atoms with Crippen molar-refractivity contribution in [2.24, 2.45) is 11.8 Å². The largest absolute Gasteiger partial charge is 0.310 e. The van der Waals surface area contributed by atoms with Gasteiger partial charge in [0.05, 0.1) is 6.20 Å². The van der Waals surface area contributed by atoms with E-state index in [9.17, 15) is 4.79 Å². The number of anilines is 1. The Balaban J connectivity index is 1.75. The van der Waals surface area contributed by atoms with Crippen molar-refractivity contribution in [2.75, 3.05) is 5.32 Å². The van der Waals surface area contributed by atoms with E-state index in [1.165, 1.54) is 19.3 Å². The third kappa shape index (κ3) is 2.46. The van der Waals surface area contributed by atoms with E-state index in [1.54, 1.807) is 6.20 Å². The monoisotopic (exact) mass is 269 g/mol. The first-order valence-electron chi connectivity index (χ1n) is 7.15. The van der Waals surface area contributed by atoms with Crippen LogP contribution in [0.2, 0.25) is 0 Å². The zero-order chi connectivity index (χ0) is 13.9. The Kier molecular flexibility index (Phi) is 3.54. The quantitative estimate of drug-likeness (QED) is 0.893. The minimum atomic E-state index is 0.0654. The van der Waals surface area contributed by atoms with Crippen LogP contribution in [0.15, 0.2) is 36.5 Å². The number of nitrogens with zero attached hydrogens (tertiary/aromatic N) is 1. The zero-order valence-electron chi connectivity index (χ0n) is 11.6. The van der Waals surface area contributed by atoms with Crippen LogP contribution in [0, 0.1) is 11.8 Å². The van der Waals surface area contributed by atoms with Crippen LogP contribution in [0.3, 0.4) is 0 Å². The highest BCUT2D eigenvalue weighted by molar-refractivity contribution is 5.95. The third-order valence-corrected chi connectivity index (χ3v) is 4.24. The van der Waals surface area contributed by atoms with Crippen LogP contribution in [-0.4, -0.2) is 16.1 Å². The molecule has 3 rings (SSSR count). The SMILES string of the molecule is CC(C(=O)Nc1[nH]ncc1-c1ccccc1)C1CCC1. The minimum absolute atomic E-state index is 0.0654. The Bertz CT molecular complexity index is 587. The molecule has 1 saturated carbocycles. The number of hydrogen-bond acceptors (Lipinski definition) is 2. The molecule has 1 amide bonds. The molecule has 1 unspecified atom stereocenters. The van der Waals surface area contributed by atoms with Gasteiger partial charge in [0.1, 0.15) is 5.82 Å². The number of nitrogens with one attached hydrogen (secondary N) is 2. The molecule has 1 heterocycles. The summed E-state index contributed by atoms with van der Waals surface area (Å²) >= 11 is 0. The molecule has 1 aromatic carbocycles. The van der Waals surface area contributed by atoms with Crippen LogP contribution >= 0.6 is 0 Å². The van der Waals surface area contributed by atoms with E-state index >= 15 is 0 Å². The molecule has 1 atom stereocenters. The molecule has 0 radical (unpaired) electrons. The molecule has 4 nitrogen and oxygen atoms in total. The van der Waals surface area contributed by atoms with E-state index in [1.807, 2.05) is 37.3 Å². The number of aromatic amines is 1. The summed E-state index contributed by atoms with van der Waals surface area (Å²) in [7, 11) is 0. The predicted octanol–water partition coefficient (Wildman–Crippen LogP) is 3.45. The summed E-state index contributed by atoms with van der Waals surface area (Å²) in [5, 5.41) is 9.91. The maximum Gasteiger partial charge on any atom is 0.228 e. The Morgan fingerprint density at radius 2 is 2.10 bits per heavy atom. The Morgan fingerprint density at radius 3 is 2.75 bits per heavy atom. The zero-order valence-corrected chi connectivity index (χ0v) is 11.6. The summed E-state index contributed by atoms with van der Waals surface area (Å²) in [5.41, 5.74) is 1.98. The second-order valence-corrected chi connectivity index (χ2v) is 5.49. The number of amides is 1. The van der Waals surface area contributed by atoms with Crippen molar-refractivity contribution in [1.29, 1.82) is 0 Å². The summed E-state index contributed by atoms with van der Waals surface area (Å²) in [5.74, 6) is 1.37. The van der Waals surface area contributed by atoms with Crippen LogP contribution in [0.25, 0.3) is 11.1 Å². The minimum Gasteiger partial charge on any atom is -0.310 e. The molecular formula is C16H19N3O. The fourth-order valence-corrected chi connectivity index (χ4v) is 2.61. The predicted molar refractivity (Wildman–Crippen MR) is 79.2 cm³/mol. The highest BCUT2D eigenvalue weighted by Gasteiger charge is 2.29. The second kappa shape index (κ2) is 5.49. The number of aromatic nitrogens is 2. The van der Waals surface area contributed by atoms with Crippen molar-refractivity contribution in [1.82, 2.24) is 10.2 Å². The van der Waals surface area contributed by atoms with E-state index in [4.69, 9.17) is 0 Å². The smallest absolute Gasteiger partial charge is 0.228 e. The van der Waals surface area contributed by atoms with E-state index in [2.05, 4.69) is 15.5 Å². The first-order valence-corrected chi connectivity index (χ1v) is 7.15. The molecule has 2 N–H and O–H groups in total. The van der Waals surface area contributed by atoms with Crippen molar-refractivity contribution < 1.29 is 4.79 Å². The lowest BCUT2D eigenvalue weighted by atomic mass is 9.76. The molecule has 0 aliphatic heterocycles. The summed E-state index contributed by atoms with van der Waals surface area (Å²) in [4.78, 5) is 12.3. The van der Waals surface area contributed by atoms with Gasteiger partial charge in [-0.25, -0.2) is 0 Å². The second-order valence-electron chi connectivity index (χ2n) is 5.49. The average molecular weight is 269 g/mol. The van der Waals surface area contributed by atoms with E-state index in [-0.39, 0.29) is 11.8 Å². The van der Waals surface area contributed by atoms with Crippen LogP contribution in [-0.2, 0) is 4.79 Å². The summed E-state index contributed by atoms with van der Waals surface area (Å²) in [6.07, 6.45) is 5.34. The molecule has 0 bridgehead atoms. The third-order valence-electron chi connectivity index (χ3n) is 4.24. The molecule has 1 fully saturated rings. The number of benzene rings is 1. The van der Waals surface area contributed by atoms with Crippen LogP contribution in [0.4, 0.5) is 5.82 Å². The van der Waals surface area contributed by atoms with Gasteiger partial charge in [0.25, 0.3) is 0 Å². The average Bonchev–Trinajstić information content (AvgIpc) is 2.85. The lowest BCUT2D eigenvalue weighted by Gasteiger charge is -2.30. The lowest BCUT2D eigenvalue weighted by molar-refractivity contribution is -0.121. The summed E-state index contributed by atoms with van der Waals surface area (Å²) < 4.78 is 0. The first-order chi connectivity index (χ1) is 9.75. The molecule has 20 heavy (non-hydrogen) atoms. The standard InChI is InChI=1S/C16H19N3O/c1-11(12-8-5-9-12)16(20)18-15-14(10-17-19-15)13-6-3-2-4-7-13/h2-4,6-7,10-12H,5,8-9H2,1H3,(H2,17,18,19,20). The molecular weight excluding hydrogens is 250 g/mol. The maximum atomic E-state index is 12.3. The Hall–Kier alpha value is -2.10. The molecule has 1 aromatic heterocycles. The van der Waals surface area contributed by atoms with Gasteiger partial charge in [0.2, 0.25) is 5.91 Å². The Morgan fingerprint density at radius 1 is 1.35 bits per heavy atom. The van der Waals surface area contributed by atoms with Gasteiger partial charge in [-0.1, -0.05) is 43.7 Å². The fraction of sp³-hybridized carbons (Fsp3) is 0.375. The number of carbonyl (C=O) groups excluding carboxylic acids is 1. The highest BCUT2D eigenvalue weighted by atomic mass is 16.2. The van der Waals surface area contributed by atoms with Gasteiger partial charge in [-0.2, -0.15) is 5.10 Å².